The molecular formula is C25H18N4O3S2. The third-order valence-corrected chi connectivity index (χ3v) is 7.43. The van der Waals surface area contributed by atoms with E-state index >= 15 is 0 Å². The molecule has 1 fully saturated rings. The van der Waals surface area contributed by atoms with Gasteiger partial charge in [0, 0.05) is 23.7 Å². The summed E-state index contributed by atoms with van der Waals surface area (Å²) in [5.41, 5.74) is 2.18. The molecule has 5 rings (SSSR count). The van der Waals surface area contributed by atoms with Gasteiger partial charge < -0.3 is 5.11 Å². The number of amides is 1. The van der Waals surface area contributed by atoms with Gasteiger partial charge in [-0.2, -0.15) is 0 Å². The number of nitrogens with zero attached hydrogens (tertiary/aromatic N) is 4. The topological polar surface area (TPSA) is 96.3 Å². The van der Waals surface area contributed by atoms with Crippen LogP contribution in [0, 0.1) is 0 Å². The van der Waals surface area contributed by atoms with Crippen molar-refractivity contribution in [2.24, 2.45) is 0 Å². The molecule has 1 aliphatic heterocycles. The number of hydrogen-bond donors (Lipinski definition) is 1. The van der Waals surface area contributed by atoms with E-state index in [1.54, 1.807) is 48.8 Å². The molecule has 2 aromatic heterocycles. The van der Waals surface area contributed by atoms with Gasteiger partial charge in [-0.25, -0.2) is 0 Å². The number of pyridine rings is 1. The minimum atomic E-state index is -0.867. The van der Waals surface area contributed by atoms with Crippen molar-refractivity contribution in [2.45, 2.75) is 16.1 Å². The summed E-state index contributed by atoms with van der Waals surface area (Å²) in [6, 6.07) is 21.3. The number of benzene rings is 2. The number of carbonyl (C=O) groups excluding carboxylic acids is 2. The molecule has 0 bridgehead atoms. The van der Waals surface area contributed by atoms with Gasteiger partial charge in [0.2, 0.25) is 5.13 Å². The molecule has 1 saturated heterocycles. The van der Waals surface area contributed by atoms with Crippen LogP contribution in [-0.4, -0.2) is 32.0 Å². The van der Waals surface area contributed by atoms with Gasteiger partial charge in [0.25, 0.3) is 5.78 Å². The molecule has 1 N–H and O–H groups in total. The lowest BCUT2D eigenvalue weighted by Gasteiger charge is -2.22. The first-order valence-corrected chi connectivity index (χ1v) is 12.2. The summed E-state index contributed by atoms with van der Waals surface area (Å²) in [5.74, 6) is -1.07. The zero-order valence-corrected chi connectivity index (χ0v) is 19.4. The second-order valence-electron chi connectivity index (χ2n) is 7.45. The molecule has 1 amide bonds. The number of anilines is 1. The van der Waals surface area contributed by atoms with Crippen molar-refractivity contribution in [2.75, 3.05) is 4.90 Å². The third kappa shape index (κ3) is 4.23. The van der Waals surface area contributed by atoms with Crippen LogP contribution in [0.1, 0.15) is 22.7 Å². The molecule has 2 aromatic carbocycles. The van der Waals surface area contributed by atoms with Crippen LogP contribution in [0.15, 0.2) is 95.1 Å². The normalized spacial score (nSPS) is 17.3. The predicted molar refractivity (Wildman–Crippen MR) is 131 cm³/mol. The van der Waals surface area contributed by atoms with Crippen LogP contribution in [0.3, 0.4) is 0 Å². The van der Waals surface area contributed by atoms with Gasteiger partial charge in [-0.1, -0.05) is 89.8 Å². The molecule has 9 heteroatoms. The standard InChI is InChI=1S/C25H18N4O3S2/c30-21(17-10-5-2-6-11-17)19-20(18-12-7-13-26-14-18)29(23(32)22(19)31)24-27-28-25(34-24)33-15-16-8-3-1-4-9-16/h1-14,20,30H,15H2/b21-19+/t20-/m0/s1. The van der Waals surface area contributed by atoms with Crippen LogP contribution in [-0.2, 0) is 15.3 Å². The fraction of sp³-hybridized carbons (Fsp3) is 0.0800. The average Bonchev–Trinajstić information content (AvgIpc) is 3.46. The molecule has 3 heterocycles. The Morgan fingerprint density at radius 3 is 2.41 bits per heavy atom. The number of Topliss-reactive ketones (excluding diaryl/α,β-unsaturated/α-hetero) is 1. The highest BCUT2D eigenvalue weighted by molar-refractivity contribution is 8.00. The van der Waals surface area contributed by atoms with Gasteiger partial charge >= 0.3 is 5.91 Å². The molecule has 0 spiro atoms. The molecule has 7 nitrogen and oxygen atoms in total. The van der Waals surface area contributed by atoms with Crippen LogP contribution in [0.2, 0.25) is 0 Å². The van der Waals surface area contributed by atoms with Crippen LogP contribution in [0.4, 0.5) is 5.13 Å². The fourth-order valence-electron chi connectivity index (χ4n) is 3.71. The van der Waals surface area contributed by atoms with Gasteiger partial charge in [-0.3, -0.25) is 19.5 Å². The highest BCUT2D eigenvalue weighted by atomic mass is 32.2. The predicted octanol–water partition coefficient (Wildman–Crippen LogP) is 4.85. The molecule has 0 unspecified atom stereocenters. The lowest BCUT2D eigenvalue weighted by Crippen LogP contribution is -2.29. The van der Waals surface area contributed by atoms with E-state index in [-0.39, 0.29) is 11.3 Å². The number of hydrogen-bond acceptors (Lipinski definition) is 8. The maximum absolute atomic E-state index is 13.2. The molecule has 0 radical (unpaired) electrons. The summed E-state index contributed by atoms with van der Waals surface area (Å²) >= 11 is 2.74. The number of rotatable bonds is 6. The van der Waals surface area contributed by atoms with E-state index in [9.17, 15) is 14.7 Å². The first-order valence-electron chi connectivity index (χ1n) is 10.4. The molecule has 168 valence electrons. The van der Waals surface area contributed by atoms with Crippen molar-refractivity contribution in [1.29, 1.82) is 0 Å². The number of aromatic nitrogens is 3. The summed E-state index contributed by atoms with van der Waals surface area (Å²) in [5, 5.41) is 19.8. The summed E-state index contributed by atoms with van der Waals surface area (Å²) in [4.78, 5) is 31.7. The molecule has 1 atom stereocenters. The second kappa shape index (κ2) is 9.58. The smallest absolute Gasteiger partial charge is 0.301 e. The Bertz CT molecular complexity index is 1360. The van der Waals surface area contributed by atoms with Crippen molar-refractivity contribution in [3.8, 4) is 0 Å². The zero-order chi connectivity index (χ0) is 23.5. The zero-order valence-electron chi connectivity index (χ0n) is 17.7. The van der Waals surface area contributed by atoms with Crippen LogP contribution in [0.25, 0.3) is 5.76 Å². The molecule has 0 saturated carbocycles. The van der Waals surface area contributed by atoms with E-state index in [0.717, 1.165) is 5.56 Å². The summed E-state index contributed by atoms with van der Waals surface area (Å²) in [7, 11) is 0. The van der Waals surface area contributed by atoms with Gasteiger partial charge in [0.15, 0.2) is 4.34 Å². The van der Waals surface area contributed by atoms with E-state index in [2.05, 4.69) is 15.2 Å². The number of thioether (sulfide) groups is 1. The third-order valence-electron chi connectivity index (χ3n) is 5.30. The maximum Gasteiger partial charge on any atom is 0.301 e. The first-order chi connectivity index (χ1) is 16.6. The highest BCUT2D eigenvalue weighted by Gasteiger charge is 2.48. The Balaban J connectivity index is 1.53. The molecule has 1 aliphatic rings. The number of aliphatic hydroxyl groups is 1. The average molecular weight is 487 g/mol. The van der Waals surface area contributed by atoms with Gasteiger partial charge in [0.05, 0.1) is 11.6 Å². The molecule has 0 aliphatic carbocycles. The van der Waals surface area contributed by atoms with E-state index in [0.29, 0.717) is 26.4 Å². The molecular weight excluding hydrogens is 468 g/mol. The van der Waals surface area contributed by atoms with Gasteiger partial charge in [0.1, 0.15) is 5.76 Å². The summed E-state index contributed by atoms with van der Waals surface area (Å²) in [6.07, 6.45) is 3.18. The minimum Gasteiger partial charge on any atom is -0.507 e. The minimum absolute atomic E-state index is 0.00195. The van der Waals surface area contributed by atoms with E-state index in [1.165, 1.54) is 28.0 Å². The molecule has 34 heavy (non-hydrogen) atoms. The number of carbonyl (C=O) groups is 2. The van der Waals surface area contributed by atoms with Gasteiger partial charge in [-0.05, 0) is 17.2 Å². The van der Waals surface area contributed by atoms with Crippen molar-refractivity contribution >= 4 is 45.7 Å². The van der Waals surface area contributed by atoms with E-state index in [1.807, 2.05) is 36.4 Å². The number of ketones is 1. The van der Waals surface area contributed by atoms with Crippen LogP contribution < -0.4 is 4.90 Å². The second-order valence-corrected chi connectivity index (χ2v) is 9.62. The van der Waals surface area contributed by atoms with E-state index in [4.69, 9.17) is 0 Å². The fourth-order valence-corrected chi connectivity index (χ4v) is 5.54. The Morgan fingerprint density at radius 1 is 0.971 bits per heavy atom. The maximum atomic E-state index is 13.2. The van der Waals surface area contributed by atoms with Crippen LogP contribution >= 0.6 is 23.1 Å². The van der Waals surface area contributed by atoms with Crippen molar-refractivity contribution in [3.05, 3.63) is 107 Å². The summed E-state index contributed by atoms with van der Waals surface area (Å²) in [6.45, 7) is 0. The largest absolute Gasteiger partial charge is 0.507 e. The van der Waals surface area contributed by atoms with E-state index < -0.39 is 17.7 Å². The molecule has 4 aromatic rings. The number of aliphatic hydroxyl groups excluding tert-OH is 1. The SMILES string of the molecule is O=C1C(=O)N(c2nnc(SCc3ccccc3)s2)[C@@H](c2cccnc2)/C1=C(\O)c1ccccc1. The lowest BCUT2D eigenvalue weighted by molar-refractivity contribution is -0.132. The van der Waals surface area contributed by atoms with Crippen molar-refractivity contribution in [1.82, 2.24) is 15.2 Å². The lowest BCUT2D eigenvalue weighted by atomic mass is 9.96. The summed E-state index contributed by atoms with van der Waals surface area (Å²) < 4.78 is 0.675. The Hall–Kier alpha value is -3.82. The van der Waals surface area contributed by atoms with Crippen LogP contribution in [0.5, 0.6) is 0 Å². The Kier molecular flexibility index (Phi) is 6.20. The first kappa shape index (κ1) is 22.0. The van der Waals surface area contributed by atoms with Gasteiger partial charge in [-0.15, -0.1) is 10.2 Å². The van der Waals surface area contributed by atoms with Crippen molar-refractivity contribution in [3.63, 3.8) is 0 Å². The highest BCUT2D eigenvalue weighted by Crippen LogP contribution is 2.43. The monoisotopic (exact) mass is 486 g/mol. The Labute approximate surface area is 203 Å². The quantitative estimate of drug-likeness (QED) is 0.137. The Morgan fingerprint density at radius 2 is 1.71 bits per heavy atom. The van der Waals surface area contributed by atoms with Crippen molar-refractivity contribution < 1.29 is 14.7 Å².